The average Bonchev–Trinajstić information content (AvgIpc) is 1.88. The minimum absolute atomic E-state index is 0.399. The van der Waals surface area contributed by atoms with E-state index in [-0.39, 0.29) is 0 Å². The maximum Gasteiger partial charge on any atom is 0.143 e. The van der Waals surface area contributed by atoms with Crippen molar-refractivity contribution < 1.29 is 0 Å². The first-order chi connectivity index (χ1) is 4.70. The van der Waals surface area contributed by atoms with Crippen LogP contribution < -0.4 is 5.59 Å². The zero-order valence-corrected chi connectivity index (χ0v) is 6.20. The number of nitrogens with zero attached hydrogens (tertiary/aromatic N) is 2. The summed E-state index contributed by atoms with van der Waals surface area (Å²) in [5.74, 6) is 0.399. The van der Waals surface area contributed by atoms with Crippen LogP contribution in [-0.4, -0.2) is 17.8 Å². The molecule has 10 heavy (non-hydrogen) atoms. The van der Waals surface area contributed by atoms with Gasteiger partial charge >= 0.3 is 0 Å². The molecule has 0 fully saturated rings. The van der Waals surface area contributed by atoms with E-state index >= 15 is 0 Å². The van der Waals surface area contributed by atoms with E-state index in [9.17, 15) is 0 Å². The van der Waals surface area contributed by atoms with E-state index in [2.05, 4.69) is 23.8 Å². The average molecular weight is 132 g/mol. The lowest BCUT2D eigenvalue weighted by Crippen LogP contribution is -2.11. The third-order valence-electron chi connectivity index (χ3n) is 1.26. The lowest BCUT2D eigenvalue weighted by atomic mass is 10.0. The summed E-state index contributed by atoms with van der Waals surface area (Å²) in [6, 6.07) is 0. The Morgan fingerprint density at radius 3 is 2.50 bits per heavy atom. The van der Waals surface area contributed by atoms with Gasteiger partial charge in [-0.3, -0.25) is 9.97 Å². The van der Waals surface area contributed by atoms with Crippen molar-refractivity contribution in [1.82, 2.24) is 9.97 Å². The second-order valence-electron chi connectivity index (χ2n) is 2.52. The molecule has 2 nitrogen and oxygen atoms in total. The van der Waals surface area contributed by atoms with Gasteiger partial charge in [-0.25, -0.2) is 0 Å². The Morgan fingerprint density at radius 2 is 2.10 bits per heavy atom. The second kappa shape index (κ2) is 2.82. The molecular formula is C7H9BN2. The maximum absolute atomic E-state index is 5.42. The van der Waals surface area contributed by atoms with Gasteiger partial charge in [0.15, 0.2) is 0 Å². The van der Waals surface area contributed by atoms with Gasteiger partial charge in [0.2, 0.25) is 0 Å². The molecule has 1 aromatic rings. The van der Waals surface area contributed by atoms with E-state index in [1.165, 1.54) is 0 Å². The van der Waals surface area contributed by atoms with Gasteiger partial charge in [0.25, 0.3) is 0 Å². The molecule has 1 aromatic heterocycles. The van der Waals surface area contributed by atoms with Crippen molar-refractivity contribution in [3.05, 3.63) is 18.1 Å². The lowest BCUT2D eigenvalue weighted by Gasteiger charge is -2.02. The maximum atomic E-state index is 5.42. The van der Waals surface area contributed by atoms with E-state index in [0.717, 1.165) is 5.69 Å². The summed E-state index contributed by atoms with van der Waals surface area (Å²) in [7, 11) is 5.42. The van der Waals surface area contributed by atoms with Crippen LogP contribution in [0.4, 0.5) is 0 Å². The highest BCUT2D eigenvalue weighted by Crippen LogP contribution is 2.06. The Hall–Kier alpha value is -0.855. The summed E-state index contributed by atoms with van der Waals surface area (Å²) >= 11 is 0. The minimum Gasteiger partial charge on any atom is -0.266 e. The van der Waals surface area contributed by atoms with Crippen molar-refractivity contribution in [3.63, 3.8) is 0 Å². The van der Waals surface area contributed by atoms with Crippen LogP contribution in [-0.2, 0) is 0 Å². The van der Waals surface area contributed by atoms with Crippen LogP contribution in [0.15, 0.2) is 12.4 Å². The van der Waals surface area contributed by atoms with Gasteiger partial charge < -0.3 is 0 Å². The molecular weight excluding hydrogens is 123 g/mol. The van der Waals surface area contributed by atoms with Crippen LogP contribution in [0.1, 0.15) is 25.5 Å². The second-order valence-corrected chi connectivity index (χ2v) is 2.52. The standard InChI is InChI=1S/C7H9BN2/c1-5(2)6-3-9-4-7(8)10-6/h3-5H,1-2H3. The summed E-state index contributed by atoms with van der Waals surface area (Å²) in [6.45, 7) is 4.12. The van der Waals surface area contributed by atoms with Gasteiger partial charge in [-0.2, -0.15) is 0 Å². The molecule has 0 saturated heterocycles. The predicted molar refractivity (Wildman–Crippen MR) is 41.5 cm³/mol. The first kappa shape index (κ1) is 7.25. The van der Waals surface area contributed by atoms with Crippen LogP contribution in [0, 0.1) is 0 Å². The van der Waals surface area contributed by atoms with E-state index in [1.54, 1.807) is 12.4 Å². The van der Waals surface area contributed by atoms with Crippen LogP contribution in [0.5, 0.6) is 0 Å². The Labute approximate surface area is 62.1 Å². The highest BCUT2D eigenvalue weighted by Gasteiger charge is 1.98. The molecule has 0 atom stereocenters. The number of rotatable bonds is 1. The van der Waals surface area contributed by atoms with Gasteiger partial charge in [-0.1, -0.05) is 13.8 Å². The van der Waals surface area contributed by atoms with Crippen LogP contribution in [0.3, 0.4) is 0 Å². The van der Waals surface area contributed by atoms with Crippen molar-refractivity contribution >= 4 is 13.4 Å². The molecule has 0 N–H and O–H groups in total. The Morgan fingerprint density at radius 1 is 1.40 bits per heavy atom. The van der Waals surface area contributed by atoms with Crippen LogP contribution in [0.25, 0.3) is 0 Å². The van der Waals surface area contributed by atoms with Gasteiger partial charge in [0.1, 0.15) is 7.85 Å². The summed E-state index contributed by atoms with van der Waals surface area (Å²) in [4.78, 5) is 8.01. The first-order valence-corrected chi connectivity index (χ1v) is 3.27. The predicted octanol–water partition coefficient (Wildman–Crippen LogP) is 0.394. The van der Waals surface area contributed by atoms with E-state index < -0.39 is 0 Å². The largest absolute Gasteiger partial charge is 0.266 e. The highest BCUT2D eigenvalue weighted by atomic mass is 14.8. The van der Waals surface area contributed by atoms with Gasteiger partial charge in [0, 0.05) is 18.0 Å². The molecule has 0 aliphatic carbocycles. The summed E-state index contributed by atoms with van der Waals surface area (Å²) in [6.07, 6.45) is 3.28. The van der Waals surface area contributed by atoms with Gasteiger partial charge in [-0.05, 0) is 5.92 Å². The van der Waals surface area contributed by atoms with Crippen molar-refractivity contribution in [2.45, 2.75) is 19.8 Å². The fraction of sp³-hybridized carbons (Fsp3) is 0.429. The Bertz CT molecular complexity index is 223. The third kappa shape index (κ3) is 1.56. The molecule has 0 spiro atoms. The summed E-state index contributed by atoms with van der Waals surface area (Å²) in [5, 5.41) is 0. The third-order valence-corrected chi connectivity index (χ3v) is 1.26. The van der Waals surface area contributed by atoms with Gasteiger partial charge in [-0.15, -0.1) is 0 Å². The van der Waals surface area contributed by atoms with Gasteiger partial charge in [0.05, 0.1) is 5.69 Å². The molecule has 1 rings (SSSR count). The van der Waals surface area contributed by atoms with Crippen LogP contribution >= 0.6 is 0 Å². The number of hydrogen-bond acceptors (Lipinski definition) is 2. The van der Waals surface area contributed by atoms with E-state index in [1.807, 2.05) is 0 Å². The number of aromatic nitrogens is 2. The molecule has 0 unspecified atom stereocenters. The fourth-order valence-corrected chi connectivity index (χ4v) is 0.675. The van der Waals surface area contributed by atoms with Crippen molar-refractivity contribution in [2.75, 3.05) is 0 Å². The lowest BCUT2D eigenvalue weighted by molar-refractivity contribution is 0.817. The molecule has 0 aromatic carbocycles. The molecule has 0 aliphatic rings. The Kier molecular flexibility index (Phi) is 2.04. The van der Waals surface area contributed by atoms with E-state index in [0.29, 0.717) is 11.5 Å². The normalized spacial score (nSPS) is 10.3. The zero-order chi connectivity index (χ0) is 7.56. The molecule has 0 aliphatic heterocycles. The molecule has 0 bridgehead atoms. The first-order valence-electron chi connectivity index (χ1n) is 3.27. The quantitative estimate of drug-likeness (QED) is 0.516. The summed E-state index contributed by atoms with van der Waals surface area (Å²) in [5.41, 5.74) is 1.44. The molecule has 0 saturated carbocycles. The van der Waals surface area contributed by atoms with Crippen molar-refractivity contribution in [2.24, 2.45) is 0 Å². The highest BCUT2D eigenvalue weighted by molar-refractivity contribution is 6.30. The smallest absolute Gasteiger partial charge is 0.143 e. The van der Waals surface area contributed by atoms with Crippen molar-refractivity contribution in [3.8, 4) is 0 Å². The number of hydrogen-bond donors (Lipinski definition) is 0. The van der Waals surface area contributed by atoms with E-state index in [4.69, 9.17) is 7.85 Å². The topological polar surface area (TPSA) is 25.8 Å². The zero-order valence-electron chi connectivity index (χ0n) is 6.20. The molecule has 0 amide bonds. The Balaban J connectivity index is 2.96. The molecule has 3 heteroatoms. The molecule has 1 heterocycles. The SMILES string of the molecule is [B]c1cncc(C(C)C)n1. The van der Waals surface area contributed by atoms with Crippen LogP contribution in [0.2, 0.25) is 0 Å². The summed E-state index contributed by atoms with van der Waals surface area (Å²) < 4.78 is 0. The molecule has 50 valence electrons. The monoisotopic (exact) mass is 132 g/mol. The molecule has 2 radical (unpaired) electrons. The minimum atomic E-state index is 0.399. The van der Waals surface area contributed by atoms with Crippen molar-refractivity contribution in [1.29, 1.82) is 0 Å². The fourth-order valence-electron chi connectivity index (χ4n) is 0.675.